The summed E-state index contributed by atoms with van der Waals surface area (Å²) in [4.78, 5) is 0. The van der Waals surface area contributed by atoms with Gasteiger partial charge in [-0.2, -0.15) is 5.26 Å². The Morgan fingerprint density at radius 1 is 1.71 bits per heavy atom. The SMILES string of the molecule is [Br][Zn][Br].[CH2]CC#N. The van der Waals surface area contributed by atoms with E-state index in [1.54, 1.807) is 0 Å². The van der Waals surface area contributed by atoms with E-state index in [0.29, 0.717) is 6.42 Å². The van der Waals surface area contributed by atoms with Crippen molar-refractivity contribution in [1.82, 2.24) is 0 Å². The van der Waals surface area contributed by atoms with E-state index in [-0.39, 0.29) is 13.2 Å². The first-order valence-electron chi connectivity index (χ1n) is 1.61. The fraction of sp³-hybridized carbons (Fsp3) is 0.333. The van der Waals surface area contributed by atoms with Crippen LogP contribution in [0.2, 0.25) is 0 Å². The Balaban J connectivity index is 0. The van der Waals surface area contributed by atoms with Crippen LogP contribution < -0.4 is 0 Å². The minimum Gasteiger partial charge on any atom is -0.198 e. The molecule has 4 heteroatoms. The second-order valence-corrected chi connectivity index (χ2v) is 14.6. The van der Waals surface area contributed by atoms with Crippen molar-refractivity contribution in [3.63, 3.8) is 0 Å². The molecule has 0 N–H and O–H groups in total. The molecular formula is C3H4Br2NZn. The molecule has 0 saturated heterocycles. The van der Waals surface area contributed by atoms with Gasteiger partial charge in [-0.25, -0.2) is 0 Å². The number of rotatable bonds is 0. The quantitative estimate of drug-likeness (QED) is 0.625. The first-order chi connectivity index (χ1) is 3.33. The summed E-state index contributed by atoms with van der Waals surface area (Å²) in [5.74, 6) is 0. The van der Waals surface area contributed by atoms with Gasteiger partial charge in [0.05, 0.1) is 6.07 Å². The van der Waals surface area contributed by atoms with Gasteiger partial charge >= 0.3 is 40.5 Å². The van der Waals surface area contributed by atoms with Gasteiger partial charge in [-0.3, -0.25) is 0 Å². The molecule has 37 valence electrons. The van der Waals surface area contributed by atoms with E-state index >= 15 is 0 Å². The fourth-order valence-corrected chi connectivity index (χ4v) is 0. The number of hydrogen-bond donors (Lipinski definition) is 0. The van der Waals surface area contributed by atoms with Gasteiger partial charge in [-0.15, -0.1) is 0 Å². The van der Waals surface area contributed by atoms with Crippen LogP contribution in [0.3, 0.4) is 0 Å². The van der Waals surface area contributed by atoms with E-state index in [2.05, 4.69) is 34.2 Å². The van der Waals surface area contributed by atoms with Crippen LogP contribution in [0.5, 0.6) is 0 Å². The van der Waals surface area contributed by atoms with E-state index in [0.717, 1.165) is 0 Å². The van der Waals surface area contributed by atoms with Gasteiger partial charge in [0, 0.05) is 6.42 Å². The number of halogens is 2. The van der Waals surface area contributed by atoms with Crippen molar-refractivity contribution in [1.29, 1.82) is 5.26 Å². The molecule has 0 aliphatic heterocycles. The van der Waals surface area contributed by atoms with Crippen molar-refractivity contribution in [2.45, 2.75) is 6.42 Å². The minimum atomic E-state index is -0.250. The maximum absolute atomic E-state index is 7.56. The van der Waals surface area contributed by atoms with Crippen LogP contribution in [0.4, 0.5) is 0 Å². The Morgan fingerprint density at radius 2 is 1.86 bits per heavy atom. The molecule has 0 aliphatic carbocycles. The summed E-state index contributed by atoms with van der Waals surface area (Å²) in [5, 5.41) is 7.56. The zero-order valence-corrected chi connectivity index (χ0v) is 9.96. The van der Waals surface area contributed by atoms with Crippen molar-refractivity contribution in [2.24, 2.45) is 0 Å². The molecule has 0 heterocycles. The van der Waals surface area contributed by atoms with Crippen LogP contribution in [0, 0.1) is 18.3 Å². The molecule has 7 heavy (non-hydrogen) atoms. The molecule has 0 aromatic heterocycles. The van der Waals surface area contributed by atoms with Crippen LogP contribution in [0.25, 0.3) is 0 Å². The second kappa shape index (κ2) is 15.7. The Hall–Kier alpha value is 1.07. The third-order valence-corrected chi connectivity index (χ3v) is 0.112. The van der Waals surface area contributed by atoms with Crippen molar-refractivity contribution in [3.8, 4) is 6.07 Å². The van der Waals surface area contributed by atoms with E-state index in [9.17, 15) is 0 Å². The summed E-state index contributed by atoms with van der Waals surface area (Å²) in [5.41, 5.74) is 0. The first-order valence-corrected chi connectivity index (χ1v) is 15.5. The van der Waals surface area contributed by atoms with E-state index in [4.69, 9.17) is 5.26 Å². The first kappa shape index (κ1) is 11.0. The Morgan fingerprint density at radius 3 is 1.86 bits per heavy atom. The molecule has 1 radical (unpaired) electrons. The molecule has 0 saturated carbocycles. The maximum Gasteiger partial charge on any atom is 0.0621 e. The molecule has 0 aromatic rings. The van der Waals surface area contributed by atoms with E-state index < -0.39 is 0 Å². The molecule has 0 atom stereocenters. The number of hydrogen-bond acceptors (Lipinski definition) is 1. The average molecular weight is 279 g/mol. The largest absolute Gasteiger partial charge is 0.198 e. The maximum atomic E-state index is 7.56. The van der Waals surface area contributed by atoms with Crippen LogP contribution in [-0.2, 0) is 13.2 Å². The Bertz CT molecular complexity index is 51.4. The molecule has 0 unspecified atom stereocenters. The average Bonchev–Trinajstić information content (AvgIpc) is 1.69. The summed E-state index contributed by atoms with van der Waals surface area (Å²) in [7, 11) is 0. The van der Waals surface area contributed by atoms with Crippen molar-refractivity contribution in [3.05, 3.63) is 6.92 Å². The topological polar surface area (TPSA) is 23.8 Å². The minimum absolute atomic E-state index is 0.250. The van der Waals surface area contributed by atoms with Crippen LogP contribution in [0.15, 0.2) is 0 Å². The Kier molecular flexibility index (Phi) is 24.6. The predicted octanol–water partition coefficient (Wildman–Crippen LogP) is 2.42. The molecule has 0 spiro atoms. The van der Waals surface area contributed by atoms with Gasteiger partial charge in [0.15, 0.2) is 0 Å². The van der Waals surface area contributed by atoms with Gasteiger partial charge in [-0.1, -0.05) is 0 Å². The number of nitriles is 1. The second-order valence-electron chi connectivity index (χ2n) is 0.509. The summed E-state index contributed by atoms with van der Waals surface area (Å²) < 4.78 is 0. The molecule has 0 fully saturated rings. The zero-order valence-electron chi connectivity index (χ0n) is 3.82. The molecule has 0 amide bonds. The van der Waals surface area contributed by atoms with E-state index in [1.165, 1.54) is 0 Å². The molecule has 0 bridgehead atoms. The summed E-state index contributed by atoms with van der Waals surface area (Å²) in [6.45, 7) is 3.24. The van der Waals surface area contributed by atoms with Gasteiger partial charge in [0.2, 0.25) is 0 Å². The summed E-state index contributed by atoms with van der Waals surface area (Å²) in [6.07, 6.45) is 0.375. The standard InChI is InChI=1S/C3H4N.2BrH.Zn/c1-2-3-4;;;/h1-2H2;2*1H;/q;;;+2/p-2. The molecule has 0 aromatic carbocycles. The van der Waals surface area contributed by atoms with Gasteiger partial charge in [-0.05, 0) is 6.92 Å². The third kappa shape index (κ3) is 42.4. The van der Waals surface area contributed by atoms with Gasteiger partial charge in [0.25, 0.3) is 0 Å². The smallest absolute Gasteiger partial charge is 0.0621 e. The molecular weight excluding hydrogens is 275 g/mol. The van der Waals surface area contributed by atoms with Crippen molar-refractivity contribution >= 4 is 27.2 Å². The predicted molar refractivity (Wildman–Crippen MR) is 33.4 cm³/mol. The normalized spacial score (nSPS) is 4.29. The Labute approximate surface area is 64.8 Å². The van der Waals surface area contributed by atoms with Crippen molar-refractivity contribution < 1.29 is 13.2 Å². The van der Waals surface area contributed by atoms with Gasteiger partial charge in [0.1, 0.15) is 0 Å². The van der Waals surface area contributed by atoms with E-state index in [1.807, 2.05) is 6.07 Å². The fourth-order valence-electron chi connectivity index (χ4n) is 0. The molecule has 0 rings (SSSR count). The van der Waals surface area contributed by atoms with Crippen LogP contribution in [-0.4, -0.2) is 0 Å². The van der Waals surface area contributed by atoms with Crippen molar-refractivity contribution in [2.75, 3.05) is 0 Å². The monoisotopic (exact) mass is 276 g/mol. The zero-order chi connectivity index (χ0) is 6.12. The summed E-state index contributed by atoms with van der Waals surface area (Å²) >= 11 is 6.25. The van der Waals surface area contributed by atoms with Crippen LogP contribution in [0.1, 0.15) is 6.42 Å². The summed E-state index contributed by atoms with van der Waals surface area (Å²) in [6, 6.07) is 1.82. The third-order valence-electron chi connectivity index (χ3n) is 0.112. The number of nitrogens with zero attached hydrogens (tertiary/aromatic N) is 1. The van der Waals surface area contributed by atoms with Gasteiger partial charge < -0.3 is 0 Å². The molecule has 0 aliphatic rings. The molecule has 1 nitrogen and oxygen atoms in total. The van der Waals surface area contributed by atoms with Crippen LogP contribution >= 0.6 is 27.2 Å².